The van der Waals surface area contributed by atoms with Gasteiger partial charge in [0.1, 0.15) is 6.04 Å². The lowest BCUT2D eigenvalue weighted by molar-refractivity contribution is -0.138. The summed E-state index contributed by atoms with van der Waals surface area (Å²) >= 11 is 0. The monoisotopic (exact) mass is 394 g/mol. The van der Waals surface area contributed by atoms with Crippen LogP contribution in [0.4, 0.5) is 13.2 Å². The third kappa shape index (κ3) is 4.37. The number of piperidine rings is 1. The second-order valence-corrected chi connectivity index (χ2v) is 6.88. The van der Waals surface area contributed by atoms with E-state index in [4.69, 9.17) is 4.42 Å². The van der Waals surface area contributed by atoms with Crippen LogP contribution in [-0.4, -0.2) is 41.2 Å². The molecule has 2 amide bonds. The maximum Gasteiger partial charge on any atom is 0.416 e. The molecule has 1 aromatic carbocycles. The minimum absolute atomic E-state index is 0.163. The number of carbonyl (C=O) groups excluding carboxylic acids is 2. The van der Waals surface area contributed by atoms with Crippen LogP contribution in [0.15, 0.2) is 47.1 Å². The van der Waals surface area contributed by atoms with E-state index in [0.717, 1.165) is 25.0 Å². The maximum absolute atomic E-state index is 12.9. The number of carbonyl (C=O) groups is 2. The number of likely N-dealkylation sites (N-methyl/N-ethyl adjacent to an activating group) is 1. The Hall–Kier alpha value is -2.77. The van der Waals surface area contributed by atoms with E-state index >= 15 is 0 Å². The summed E-state index contributed by atoms with van der Waals surface area (Å²) in [5.74, 6) is -0.379. The lowest BCUT2D eigenvalue weighted by atomic mass is 10.00. The van der Waals surface area contributed by atoms with Gasteiger partial charge in [-0.25, -0.2) is 0 Å². The van der Waals surface area contributed by atoms with E-state index in [1.54, 1.807) is 19.2 Å². The summed E-state index contributed by atoms with van der Waals surface area (Å²) in [5.41, 5.74) is -0.142. The molecule has 2 aromatic rings. The van der Waals surface area contributed by atoms with Gasteiger partial charge in [-0.15, -0.1) is 0 Å². The van der Waals surface area contributed by atoms with Crippen molar-refractivity contribution in [3.05, 3.63) is 59.5 Å². The highest BCUT2D eigenvalue weighted by atomic mass is 19.4. The van der Waals surface area contributed by atoms with Gasteiger partial charge in [-0.1, -0.05) is 12.1 Å². The van der Waals surface area contributed by atoms with Crippen molar-refractivity contribution in [1.82, 2.24) is 9.80 Å². The van der Waals surface area contributed by atoms with Gasteiger partial charge in [0.15, 0.2) is 5.76 Å². The number of nitrogens with zero attached hydrogens (tertiary/aromatic N) is 2. The standard InChI is InChI=1S/C20H21F3N2O3/c1-24(13-14-7-9-15(10-8-14)20(21,22)23)18(26)16-5-2-3-11-25(16)19(27)17-6-4-12-28-17/h4,6-10,12,16H,2-3,5,11,13H2,1H3. The van der Waals surface area contributed by atoms with Crippen LogP contribution in [0.25, 0.3) is 0 Å². The molecule has 1 atom stereocenters. The Morgan fingerprint density at radius 1 is 1.18 bits per heavy atom. The molecule has 0 saturated carbocycles. The number of hydrogen-bond acceptors (Lipinski definition) is 3. The number of rotatable bonds is 4. The molecule has 1 fully saturated rings. The third-order valence-electron chi connectivity index (χ3n) is 4.86. The molecule has 0 aliphatic carbocycles. The molecule has 150 valence electrons. The van der Waals surface area contributed by atoms with Crippen molar-refractivity contribution in [3.8, 4) is 0 Å². The van der Waals surface area contributed by atoms with E-state index in [1.807, 2.05) is 0 Å². The largest absolute Gasteiger partial charge is 0.459 e. The number of furan rings is 1. The molecular formula is C20H21F3N2O3. The molecule has 0 spiro atoms. The summed E-state index contributed by atoms with van der Waals surface area (Å²) in [4.78, 5) is 28.5. The average Bonchev–Trinajstić information content (AvgIpc) is 3.21. The van der Waals surface area contributed by atoms with E-state index < -0.39 is 17.8 Å². The number of alkyl halides is 3. The van der Waals surface area contributed by atoms with Crippen molar-refractivity contribution in [3.63, 3.8) is 0 Å². The van der Waals surface area contributed by atoms with Gasteiger partial charge >= 0.3 is 6.18 Å². The Morgan fingerprint density at radius 3 is 2.50 bits per heavy atom. The van der Waals surface area contributed by atoms with Crippen LogP contribution in [0.2, 0.25) is 0 Å². The van der Waals surface area contributed by atoms with E-state index in [2.05, 4.69) is 0 Å². The molecule has 1 unspecified atom stereocenters. The Bertz CT molecular complexity index is 816. The molecule has 2 heterocycles. The van der Waals surface area contributed by atoms with Gasteiger partial charge < -0.3 is 14.2 Å². The summed E-state index contributed by atoms with van der Waals surface area (Å²) in [6.07, 6.45) is -0.812. The smallest absolute Gasteiger partial charge is 0.416 e. The number of halogens is 3. The predicted molar refractivity (Wildman–Crippen MR) is 95.3 cm³/mol. The fourth-order valence-corrected chi connectivity index (χ4v) is 3.38. The van der Waals surface area contributed by atoms with Gasteiger partial charge in [-0.2, -0.15) is 13.2 Å². The molecule has 0 N–H and O–H groups in total. The molecule has 0 radical (unpaired) electrons. The lowest BCUT2D eigenvalue weighted by Crippen LogP contribution is -2.52. The number of benzene rings is 1. The number of likely N-dealkylation sites (tertiary alicyclic amines) is 1. The second-order valence-electron chi connectivity index (χ2n) is 6.88. The topological polar surface area (TPSA) is 53.8 Å². The fraction of sp³-hybridized carbons (Fsp3) is 0.400. The highest BCUT2D eigenvalue weighted by Gasteiger charge is 2.35. The molecule has 5 nitrogen and oxygen atoms in total. The van der Waals surface area contributed by atoms with Crippen molar-refractivity contribution >= 4 is 11.8 Å². The fourth-order valence-electron chi connectivity index (χ4n) is 3.38. The molecule has 1 aliphatic heterocycles. The van der Waals surface area contributed by atoms with E-state index in [0.29, 0.717) is 18.5 Å². The summed E-state index contributed by atoms with van der Waals surface area (Å²) < 4.78 is 43.2. The summed E-state index contributed by atoms with van der Waals surface area (Å²) in [6, 6.07) is 7.29. The van der Waals surface area contributed by atoms with Crippen molar-refractivity contribution in [2.75, 3.05) is 13.6 Å². The van der Waals surface area contributed by atoms with Crippen LogP contribution in [-0.2, 0) is 17.5 Å². The van der Waals surface area contributed by atoms with Crippen molar-refractivity contribution in [1.29, 1.82) is 0 Å². The summed E-state index contributed by atoms with van der Waals surface area (Å²) in [5, 5.41) is 0. The van der Waals surface area contributed by atoms with Crippen molar-refractivity contribution < 1.29 is 27.2 Å². The average molecular weight is 394 g/mol. The Balaban J connectivity index is 1.69. The van der Waals surface area contributed by atoms with Crippen LogP contribution >= 0.6 is 0 Å². The zero-order valence-corrected chi connectivity index (χ0v) is 15.4. The maximum atomic E-state index is 12.9. The van der Waals surface area contributed by atoms with Crippen LogP contribution in [0.3, 0.4) is 0 Å². The molecule has 3 rings (SSSR count). The van der Waals surface area contributed by atoms with Crippen LogP contribution in [0, 0.1) is 0 Å². The minimum Gasteiger partial charge on any atom is -0.459 e. The Labute approximate surface area is 160 Å². The SMILES string of the molecule is CN(Cc1ccc(C(F)(F)F)cc1)C(=O)C1CCCCN1C(=O)c1ccco1. The highest BCUT2D eigenvalue weighted by molar-refractivity contribution is 5.95. The van der Waals surface area contributed by atoms with Gasteiger partial charge in [0.2, 0.25) is 5.91 Å². The lowest BCUT2D eigenvalue weighted by Gasteiger charge is -2.36. The van der Waals surface area contributed by atoms with Crippen LogP contribution < -0.4 is 0 Å². The van der Waals surface area contributed by atoms with E-state index in [1.165, 1.54) is 28.2 Å². The van der Waals surface area contributed by atoms with Gasteiger partial charge in [-0.3, -0.25) is 9.59 Å². The molecule has 1 aromatic heterocycles. The Morgan fingerprint density at radius 2 is 1.89 bits per heavy atom. The highest BCUT2D eigenvalue weighted by Crippen LogP contribution is 2.29. The molecule has 1 saturated heterocycles. The van der Waals surface area contributed by atoms with Crippen LogP contribution in [0.5, 0.6) is 0 Å². The molecule has 28 heavy (non-hydrogen) atoms. The van der Waals surface area contributed by atoms with Gasteiger partial charge in [0.05, 0.1) is 11.8 Å². The first kappa shape index (κ1) is 20.0. The van der Waals surface area contributed by atoms with E-state index in [-0.39, 0.29) is 24.1 Å². The number of amides is 2. The first-order chi connectivity index (χ1) is 13.3. The first-order valence-electron chi connectivity index (χ1n) is 9.03. The zero-order chi connectivity index (χ0) is 20.3. The minimum atomic E-state index is -4.39. The normalized spacial score (nSPS) is 17.4. The van der Waals surface area contributed by atoms with Gasteiger partial charge in [-0.05, 0) is 49.1 Å². The van der Waals surface area contributed by atoms with Crippen molar-refractivity contribution in [2.24, 2.45) is 0 Å². The van der Waals surface area contributed by atoms with Crippen LogP contribution in [0.1, 0.15) is 40.9 Å². The second kappa shape index (κ2) is 8.08. The molecular weight excluding hydrogens is 373 g/mol. The summed E-state index contributed by atoms with van der Waals surface area (Å²) in [7, 11) is 1.59. The zero-order valence-electron chi connectivity index (χ0n) is 15.4. The molecule has 8 heteroatoms. The molecule has 0 bridgehead atoms. The number of hydrogen-bond donors (Lipinski definition) is 0. The van der Waals surface area contributed by atoms with Gasteiger partial charge in [0, 0.05) is 20.1 Å². The predicted octanol–water partition coefficient (Wildman–Crippen LogP) is 3.95. The Kier molecular flexibility index (Phi) is 5.76. The molecule has 1 aliphatic rings. The third-order valence-corrected chi connectivity index (χ3v) is 4.86. The van der Waals surface area contributed by atoms with Gasteiger partial charge in [0.25, 0.3) is 5.91 Å². The van der Waals surface area contributed by atoms with E-state index in [9.17, 15) is 22.8 Å². The quantitative estimate of drug-likeness (QED) is 0.789. The summed E-state index contributed by atoms with van der Waals surface area (Å²) in [6.45, 7) is 0.625. The first-order valence-corrected chi connectivity index (χ1v) is 9.03. The van der Waals surface area contributed by atoms with Crippen molar-refractivity contribution in [2.45, 2.75) is 38.0 Å².